The van der Waals surface area contributed by atoms with Gasteiger partial charge in [-0.25, -0.2) is 9.18 Å². The van der Waals surface area contributed by atoms with Gasteiger partial charge in [-0.1, -0.05) is 32.0 Å². The zero-order chi connectivity index (χ0) is 18.6. The molecule has 1 aromatic carbocycles. The van der Waals surface area contributed by atoms with Gasteiger partial charge in [0.25, 0.3) is 5.91 Å². The van der Waals surface area contributed by atoms with E-state index in [0.29, 0.717) is 12.0 Å². The monoisotopic (exact) mass is 352 g/mol. The highest BCUT2D eigenvalue weighted by molar-refractivity contribution is 5.95. The van der Waals surface area contributed by atoms with E-state index in [1.807, 2.05) is 13.8 Å². The summed E-state index contributed by atoms with van der Waals surface area (Å²) in [6, 6.07) is 5.22. The summed E-state index contributed by atoms with van der Waals surface area (Å²) in [5, 5.41) is 13.9. The van der Waals surface area contributed by atoms with Crippen LogP contribution in [-0.4, -0.2) is 41.1 Å². The summed E-state index contributed by atoms with van der Waals surface area (Å²) in [5.74, 6) is -2.63. The van der Waals surface area contributed by atoms with Crippen molar-refractivity contribution in [2.45, 2.75) is 45.1 Å². The summed E-state index contributed by atoms with van der Waals surface area (Å²) in [7, 11) is 0. The Morgan fingerprint density at radius 1 is 1.24 bits per heavy atom. The van der Waals surface area contributed by atoms with Crippen LogP contribution in [0.1, 0.15) is 25.8 Å². The predicted molar refractivity (Wildman–Crippen MR) is 85.9 cm³/mol. The average Bonchev–Trinajstić information content (AvgIpc) is 3.33. The maximum Gasteiger partial charge on any atom is 0.336 e. The van der Waals surface area contributed by atoms with E-state index in [-0.39, 0.29) is 12.5 Å². The Morgan fingerprint density at radius 2 is 1.92 bits per heavy atom. The molecular formula is C17H21FN2O5. The molecule has 136 valence electrons. The van der Waals surface area contributed by atoms with E-state index < -0.39 is 41.9 Å². The molecule has 0 saturated carbocycles. The third kappa shape index (κ3) is 5.25. The van der Waals surface area contributed by atoms with E-state index in [9.17, 15) is 18.8 Å². The molecule has 2 amide bonds. The Balaban J connectivity index is 1.94. The molecule has 2 rings (SSSR count). The number of carbonyl (C=O) groups is 3. The van der Waals surface area contributed by atoms with Crippen molar-refractivity contribution in [3.05, 3.63) is 35.6 Å². The van der Waals surface area contributed by atoms with E-state index in [1.165, 1.54) is 6.07 Å². The number of aliphatic carboxylic acids is 1. The third-order valence-electron chi connectivity index (χ3n) is 3.74. The van der Waals surface area contributed by atoms with E-state index in [4.69, 9.17) is 9.84 Å². The van der Waals surface area contributed by atoms with E-state index in [2.05, 4.69) is 10.6 Å². The van der Waals surface area contributed by atoms with Gasteiger partial charge in [-0.2, -0.15) is 0 Å². The molecule has 1 heterocycles. The van der Waals surface area contributed by atoms with Gasteiger partial charge in [-0.3, -0.25) is 9.59 Å². The van der Waals surface area contributed by atoms with Gasteiger partial charge in [0.2, 0.25) is 5.91 Å². The van der Waals surface area contributed by atoms with Crippen LogP contribution in [-0.2, 0) is 25.7 Å². The van der Waals surface area contributed by atoms with Crippen LogP contribution in [0.4, 0.5) is 4.39 Å². The number of halogens is 1. The van der Waals surface area contributed by atoms with Crippen LogP contribution in [0.3, 0.4) is 0 Å². The largest absolute Gasteiger partial charge is 0.479 e. The molecule has 0 bridgehead atoms. The fourth-order valence-corrected chi connectivity index (χ4v) is 2.40. The summed E-state index contributed by atoms with van der Waals surface area (Å²) >= 11 is 0. The molecule has 1 aromatic rings. The first-order chi connectivity index (χ1) is 11.8. The number of rotatable bonds is 8. The number of hydrogen-bond acceptors (Lipinski definition) is 4. The highest BCUT2D eigenvalue weighted by atomic mass is 19.1. The number of carbonyl (C=O) groups excluding carboxylic acids is 2. The summed E-state index contributed by atoms with van der Waals surface area (Å²) in [4.78, 5) is 35.1. The molecule has 8 heteroatoms. The molecule has 0 unspecified atom stereocenters. The second kappa shape index (κ2) is 8.06. The van der Waals surface area contributed by atoms with Gasteiger partial charge in [-0.05, 0) is 18.4 Å². The summed E-state index contributed by atoms with van der Waals surface area (Å²) < 4.78 is 18.4. The molecular weight excluding hydrogens is 331 g/mol. The van der Waals surface area contributed by atoms with Crippen molar-refractivity contribution in [3.63, 3.8) is 0 Å². The molecule has 25 heavy (non-hydrogen) atoms. The number of ether oxygens (including phenoxy) is 1. The van der Waals surface area contributed by atoms with E-state index in [1.54, 1.807) is 18.2 Å². The van der Waals surface area contributed by atoms with Crippen molar-refractivity contribution in [2.75, 3.05) is 0 Å². The summed E-state index contributed by atoms with van der Waals surface area (Å²) in [5.41, 5.74) is 0.335. The fourth-order valence-electron chi connectivity index (χ4n) is 2.40. The maximum absolute atomic E-state index is 13.6. The average molecular weight is 352 g/mol. The second-order valence-electron chi connectivity index (χ2n) is 6.32. The van der Waals surface area contributed by atoms with Crippen LogP contribution in [0.2, 0.25) is 0 Å². The van der Waals surface area contributed by atoms with Crippen molar-refractivity contribution in [3.8, 4) is 0 Å². The lowest BCUT2D eigenvalue weighted by atomic mass is 10.0. The standard InChI is InChI=1S/C17H21FN2O5/c1-9(2)7-12(20-16(22)13-14(25-13)17(23)24)15(21)19-8-10-5-3-4-6-11(10)18/h3-6,9,12-14H,7-8H2,1-2H3,(H,19,21)(H,20,22)(H,23,24)/t12-,13-,14-/m0/s1. The van der Waals surface area contributed by atoms with Crippen LogP contribution in [0.5, 0.6) is 0 Å². The molecule has 0 radical (unpaired) electrons. The first-order valence-electron chi connectivity index (χ1n) is 7.99. The minimum Gasteiger partial charge on any atom is -0.479 e. The number of amides is 2. The molecule has 7 nitrogen and oxygen atoms in total. The predicted octanol–water partition coefficient (Wildman–Crippen LogP) is 0.825. The van der Waals surface area contributed by atoms with Crippen molar-refractivity contribution in [2.24, 2.45) is 5.92 Å². The zero-order valence-electron chi connectivity index (χ0n) is 14.0. The molecule has 3 N–H and O–H groups in total. The van der Waals surface area contributed by atoms with Crippen molar-refractivity contribution >= 4 is 17.8 Å². The lowest BCUT2D eigenvalue weighted by molar-refractivity contribution is -0.138. The number of epoxide rings is 1. The number of hydrogen-bond donors (Lipinski definition) is 3. The van der Waals surface area contributed by atoms with Gasteiger partial charge < -0.3 is 20.5 Å². The quantitative estimate of drug-likeness (QED) is 0.601. The van der Waals surface area contributed by atoms with Crippen molar-refractivity contribution in [1.29, 1.82) is 0 Å². The molecule has 1 saturated heterocycles. The van der Waals surface area contributed by atoms with E-state index >= 15 is 0 Å². The van der Waals surface area contributed by atoms with Crippen LogP contribution < -0.4 is 10.6 Å². The van der Waals surface area contributed by atoms with Gasteiger partial charge in [0, 0.05) is 12.1 Å². The number of nitrogens with one attached hydrogen (secondary N) is 2. The highest BCUT2D eigenvalue weighted by Crippen LogP contribution is 2.22. The van der Waals surface area contributed by atoms with Gasteiger partial charge in [0.1, 0.15) is 11.9 Å². The van der Waals surface area contributed by atoms with Crippen LogP contribution in [0, 0.1) is 11.7 Å². The Kier molecular flexibility index (Phi) is 6.08. The van der Waals surface area contributed by atoms with Gasteiger partial charge in [0.15, 0.2) is 12.2 Å². The van der Waals surface area contributed by atoms with E-state index in [0.717, 1.165) is 0 Å². The Hall–Kier alpha value is -2.48. The molecule has 1 aliphatic heterocycles. The van der Waals surface area contributed by atoms with Crippen molar-refractivity contribution in [1.82, 2.24) is 10.6 Å². The number of benzene rings is 1. The molecule has 0 aromatic heterocycles. The van der Waals surface area contributed by atoms with Crippen LogP contribution in [0.15, 0.2) is 24.3 Å². The van der Waals surface area contributed by atoms with Gasteiger partial charge >= 0.3 is 5.97 Å². The third-order valence-corrected chi connectivity index (χ3v) is 3.74. The zero-order valence-corrected chi connectivity index (χ0v) is 14.0. The SMILES string of the molecule is CC(C)C[C@H](NC(=O)[C@H]1O[C@@H]1C(=O)O)C(=O)NCc1ccccc1F. The number of carboxylic acid groups (broad SMARTS) is 1. The summed E-state index contributed by atoms with van der Waals surface area (Å²) in [6.07, 6.45) is -1.88. The Labute approximate surface area is 144 Å². The minimum absolute atomic E-state index is 0.00630. The topological polar surface area (TPSA) is 108 Å². The first-order valence-corrected chi connectivity index (χ1v) is 7.99. The molecule has 0 spiro atoms. The molecule has 1 aliphatic rings. The minimum atomic E-state index is -1.22. The Morgan fingerprint density at radius 3 is 2.48 bits per heavy atom. The lowest BCUT2D eigenvalue weighted by Crippen LogP contribution is -2.48. The smallest absolute Gasteiger partial charge is 0.336 e. The first kappa shape index (κ1) is 18.9. The second-order valence-corrected chi connectivity index (χ2v) is 6.32. The van der Waals surface area contributed by atoms with Crippen LogP contribution >= 0.6 is 0 Å². The molecule has 0 aliphatic carbocycles. The normalized spacial score (nSPS) is 20.0. The molecule has 1 fully saturated rings. The van der Waals surface area contributed by atoms with Crippen LogP contribution in [0.25, 0.3) is 0 Å². The number of carboxylic acids is 1. The Bertz CT molecular complexity index is 664. The van der Waals surface area contributed by atoms with Gasteiger partial charge in [-0.15, -0.1) is 0 Å². The fraction of sp³-hybridized carbons (Fsp3) is 0.471. The molecule has 3 atom stereocenters. The summed E-state index contributed by atoms with van der Waals surface area (Å²) in [6.45, 7) is 3.77. The van der Waals surface area contributed by atoms with Crippen molar-refractivity contribution < 1.29 is 28.6 Å². The highest BCUT2D eigenvalue weighted by Gasteiger charge is 2.51. The van der Waals surface area contributed by atoms with Gasteiger partial charge in [0.05, 0.1) is 0 Å². The maximum atomic E-state index is 13.6. The lowest BCUT2D eigenvalue weighted by Gasteiger charge is -2.20.